The maximum atomic E-state index is 13.2. The number of hydrogen-bond acceptors (Lipinski definition) is 2. The van der Waals surface area contributed by atoms with Crippen LogP contribution in [0.1, 0.15) is 15.9 Å². The van der Waals surface area contributed by atoms with E-state index in [0.29, 0.717) is 6.07 Å². The number of halogens is 3. The fourth-order valence-electron chi connectivity index (χ4n) is 1.65. The lowest BCUT2D eigenvalue weighted by Crippen LogP contribution is -2.03. The van der Waals surface area contributed by atoms with Crippen LogP contribution in [0.3, 0.4) is 0 Å². The molecule has 0 saturated carbocycles. The molecule has 0 bridgehead atoms. The quantitative estimate of drug-likeness (QED) is 0.796. The normalized spacial score (nSPS) is 10.3. The molecule has 2 aromatic carbocycles. The van der Waals surface area contributed by atoms with Gasteiger partial charge in [-0.1, -0.05) is 0 Å². The minimum Gasteiger partial charge on any atom is -0.494 e. The third-order valence-corrected chi connectivity index (χ3v) is 2.54. The Labute approximate surface area is 107 Å². The van der Waals surface area contributed by atoms with E-state index in [9.17, 15) is 18.0 Å². The van der Waals surface area contributed by atoms with Crippen LogP contribution in [-0.4, -0.2) is 12.9 Å². The van der Waals surface area contributed by atoms with E-state index in [1.54, 1.807) is 0 Å². The largest absolute Gasteiger partial charge is 0.494 e. The molecule has 0 aromatic heterocycles. The van der Waals surface area contributed by atoms with Crippen LogP contribution >= 0.6 is 0 Å². The summed E-state index contributed by atoms with van der Waals surface area (Å²) < 4.78 is 44.0. The van der Waals surface area contributed by atoms with Crippen LogP contribution in [0.25, 0.3) is 0 Å². The van der Waals surface area contributed by atoms with E-state index in [-0.39, 0.29) is 16.9 Å². The minimum atomic E-state index is -0.850. The average Bonchev–Trinajstić information content (AvgIpc) is 2.37. The second-order valence-electron chi connectivity index (χ2n) is 3.84. The van der Waals surface area contributed by atoms with Crippen LogP contribution in [0.15, 0.2) is 36.4 Å². The molecule has 0 heterocycles. The lowest BCUT2D eigenvalue weighted by atomic mass is 10.0. The molecule has 2 rings (SSSR count). The molecule has 0 amide bonds. The van der Waals surface area contributed by atoms with Crippen molar-refractivity contribution in [3.8, 4) is 5.75 Å². The van der Waals surface area contributed by atoms with E-state index < -0.39 is 23.2 Å². The van der Waals surface area contributed by atoms with Gasteiger partial charge < -0.3 is 4.74 Å². The molecule has 0 atom stereocenters. The number of hydrogen-bond donors (Lipinski definition) is 0. The second kappa shape index (κ2) is 5.14. The molecular formula is C14H9F3O2. The maximum Gasteiger partial charge on any atom is 0.193 e. The van der Waals surface area contributed by atoms with Gasteiger partial charge in [0.1, 0.15) is 11.6 Å². The van der Waals surface area contributed by atoms with Crippen molar-refractivity contribution in [2.24, 2.45) is 0 Å². The molecule has 0 saturated heterocycles. The van der Waals surface area contributed by atoms with E-state index in [1.807, 2.05) is 0 Å². The lowest BCUT2D eigenvalue weighted by molar-refractivity contribution is 0.103. The van der Waals surface area contributed by atoms with Crippen LogP contribution in [0, 0.1) is 17.5 Å². The van der Waals surface area contributed by atoms with Gasteiger partial charge in [0.05, 0.1) is 7.11 Å². The van der Waals surface area contributed by atoms with Gasteiger partial charge in [-0.05, 0) is 30.3 Å². The topological polar surface area (TPSA) is 26.3 Å². The van der Waals surface area contributed by atoms with Gasteiger partial charge in [-0.2, -0.15) is 0 Å². The van der Waals surface area contributed by atoms with Gasteiger partial charge in [0, 0.05) is 17.2 Å². The van der Waals surface area contributed by atoms with Crippen molar-refractivity contribution in [3.63, 3.8) is 0 Å². The summed E-state index contributed by atoms with van der Waals surface area (Å²) in [6, 6.07) is 5.97. The first-order valence-corrected chi connectivity index (χ1v) is 5.35. The van der Waals surface area contributed by atoms with Crippen LogP contribution in [0.4, 0.5) is 13.2 Å². The van der Waals surface area contributed by atoms with E-state index >= 15 is 0 Å². The van der Waals surface area contributed by atoms with E-state index in [4.69, 9.17) is 4.74 Å². The Morgan fingerprint density at radius 1 is 0.947 bits per heavy atom. The van der Waals surface area contributed by atoms with Crippen molar-refractivity contribution >= 4 is 5.78 Å². The average molecular weight is 266 g/mol. The third-order valence-electron chi connectivity index (χ3n) is 2.54. The van der Waals surface area contributed by atoms with Crippen LogP contribution < -0.4 is 4.74 Å². The Kier molecular flexibility index (Phi) is 3.55. The van der Waals surface area contributed by atoms with E-state index in [1.165, 1.54) is 19.2 Å². The first-order valence-electron chi connectivity index (χ1n) is 5.35. The first kappa shape index (κ1) is 13.1. The number of methoxy groups -OCH3 is 1. The zero-order chi connectivity index (χ0) is 14.0. The Hall–Kier alpha value is -2.30. The molecule has 0 unspecified atom stereocenters. The molecule has 0 N–H and O–H groups in total. The Morgan fingerprint density at radius 3 is 2.16 bits per heavy atom. The van der Waals surface area contributed by atoms with Crippen molar-refractivity contribution < 1.29 is 22.7 Å². The summed E-state index contributed by atoms with van der Waals surface area (Å²) in [6.07, 6.45) is 0. The van der Waals surface area contributed by atoms with Crippen molar-refractivity contribution in [1.82, 2.24) is 0 Å². The SMILES string of the molecule is COc1cc(C(=O)c2cc(F)cc(F)c2)ccc1F. The van der Waals surface area contributed by atoms with Crippen molar-refractivity contribution in [1.29, 1.82) is 0 Å². The van der Waals surface area contributed by atoms with Crippen molar-refractivity contribution in [2.75, 3.05) is 7.11 Å². The summed E-state index contributed by atoms with van der Waals surface area (Å²) in [6.45, 7) is 0. The Morgan fingerprint density at radius 2 is 1.58 bits per heavy atom. The molecule has 2 aromatic rings. The smallest absolute Gasteiger partial charge is 0.193 e. The fourth-order valence-corrected chi connectivity index (χ4v) is 1.65. The Balaban J connectivity index is 2.43. The first-order chi connectivity index (χ1) is 9.01. The molecule has 0 radical (unpaired) electrons. The number of ketones is 1. The Bertz CT molecular complexity index is 618. The monoisotopic (exact) mass is 266 g/mol. The minimum absolute atomic E-state index is 0.0863. The molecule has 0 spiro atoms. The lowest BCUT2D eigenvalue weighted by Gasteiger charge is -2.05. The van der Waals surface area contributed by atoms with Gasteiger partial charge in [-0.25, -0.2) is 13.2 Å². The second-order valence-corrected chi connectivity index (χ2v) is 3.84. The fraction of sp³-hybridized carbons (Fsp3) is 0.0714. The molecule has 98 valence electrons. The van der Waals surface area contributed by atoms with E-state index in [0.717, 1.165) is 18.2 Å². The predicted molar refractivity (Wildman–Crippen MR) is 62.7 cm³/mol. The standard InChI is InChI=1S/C14H9F3O2/c1-19-13-6-8(2-3-12(13)17)14(18)9-4-10(15)7-11(16)5-9/h2-7H,1H3. The molecule has 0 aliphatic carbocycles. The highest BCUT2D eigenvalue weighted by Crippen LogP contribution is 2.21. The van der Waals surface area contributed by atoms with Crippen LogP contribution in [0.5, 0.6) is 5.75 Å². The summed E-state index contributed by atoms with van der Waals surface area (Å²) in [5.74, 6) is -3.04. The molecule has 0 aliphatic heterocycles. The molecule has 5 heteroatoms. The van der Waals surface area contributed by atoms with Gasteiger partial charge in [0.2, 0.25) is 0 Å². The summed E-state index contributed by atoms with van der Waals surface area (Å²) in [4.78, 5) is 12.0. The predicted octanol–water partition coefficient (Wildman–Crippen LogP) is 3.34. The van der Waals surface area contributed by atoms with Crippen molar-refractivity contribution in [3.05, 3.63) is 65.0 Å². The summed E-state index contributed by atoms with van der Waals surface area (Å²) in [5.41, 5.74) is -0.0607. The van der Waals surface area contributed by atoms with Crippen molar-refractivity contribution in [2.45, 2.75) is 0 Å². The molecule has 0 aliphatic rings. The summed E-state index contributed by atoms with van der Waals surface area (Å²) in [5, 5.41) is 0. The zero-order valence-electron chi connectivity index (χ0n) is 9.91. The van der Waals surface area contributed by atoms with Gasteiger partial charge in [-0.15, -0.1) is 0 Å². The number of carbonyl (C=O) groups is 1. The molecule has 19 heavy (non-hydrogen) atoms. The van der Waals surface area contributed by atoms with Gasteiger partial charge in [0.15, 0.2) is 17.3 Å². The highest BCUT2D eigenvalue weighted by Gasteiger charge is 2.14. The van der Waals surface area contributed by atoms with Crippen LogP contribution in [0.2, 0.25) is 0 Å². The highest BCUT2D eigenvalue weighted by atomic mass is 19.1. The van der Waals surface area contributed by atoms with E-state index in [2.05, 4.69) is 0 Å². The molecule has 0 fully saturated rings. The number of ether oxygens (including phenoxy) is 1. The highest BCUT2D eigenvalue weighted by molar-refractivity contribution is 6.09. The zero-order valence-corrected chi connectivity index (χ0v) is 9.91. The number of carbonyl (C=O) groups excluding carboxylic acids is 1. The van der Waals surface area contributed by atoms with Gasteiger partial charge >= 0.3 is 0 Å². The maximum absolute atomic E-state index is 13.2. The third kappa shape index (κ3) is 2.76. The molecular weight excluding hydrogens is 257 g/mol. The number of benzene rings is 2. The van der Waals surface area contributed by atoms with Crippen LogP contribution in [-0.2, 0) is 0 Å². The van der Waals surface area contributed by atoms with Gasteiger partial charge in [-0.3, -0.25) is 4.79 Å². The summed E-state index contributed by atoms with van der Waals surface area (Å²) in [7, 11) is 1.26. The number of rotatable bonds is 3. The molecule has 2 nitrogen and oxygen atoms in total. The van der Waals surface area contributed by atoms with Gasteiger partial charge in [0.25, 0.3) is 0 Å². The summed E-state index contributed by atoms with van der Waals surface area (Å²) >= 11 is 0.